The standard InChI is InChI=1S/C10H14O5/c1-9-5-14-10(7-13-9,15-6-9)4-3-8(11)12-2/h3-4H,5-7H2,1-2H3. The predicted molar refractivity (Wildman–Crippen MR) is 50.1 cm³/mol. The zero-order valence-corrected chi connectivity index (χ0v) is 8.82. The molecule has 3 rings (SSSR count). The van der Waals surface area contributed by atoms with E-state index in [1.807, 2.05) is 6.92 Å². The monoisotopic (exact) mass is 214 g/mol. The van der Waals surface area contributed by atoms with Crippen LogP contribution in [0.5, 0.6) is 0 Å². The summed E-state index contributed by atoms with van der Waals surface area (Å²) in [5.41, 5.74) is -0.346. The van der Waals surface area contributed by atoms with Crippen molar-refractivity contribution in [3.05, 3.63) is 12.2 Å². The van der Waals surface area contributed by atoms with Gasteiger partial charge in [-0.2, -0.15) is 0 Å². The number of ether oxygens (including phenoxy) is 4. The van der Waals surface area contributed by atoms with Crippen molar-refractivity contribution in [2.24, 2.45) is 0 Å². The van der Waals surface area contributed by atoms with Gasteiger partial charge in [0, 0.05) is 6.08 Å². The molecule has 0 radical (unpaired) electrons. The summed E-state index contributed by atoms with van der Waals surface area (Å²) < 4.78 is 21.1. The van der Waals surface area contributed by atoms with Crippen LogP contribution in [0.1, 0.15) is 6.92 Å². The van der Waals surface area contributed by atoms with Crippen LogP contribution >= 0.6 is 0 Å². The van der Waals surface area contributed by atoms with Crippen LogP contribution in [0.2, 0.25) is 0 Å². The van der Waals surface area contributed by atoms with Crippen molar-refractivity contribution in [1.82, 2.24) is 0 Å². The highest BCUT2D eigenvalue weighted by Crippen LogP contribution is 2.34. The van der Waals surface area contributed by atoms with Crippen LogP contribution in [0.15, 0.2) is 12.2 Å². The highest BCUT2D eigenvalue weighted by atomic mass is 16.8. The van der Waals surface area contributed by atoms with E-state index in [2.05, 4.69) is 4.74 Å². The van der Waals surface area contributed by atoms with Crippen molar-refractivity contribution in [3.63, 3.8) is 0 Å². The summed E-state index contributed by atoms with van der Waals surface area (Å²) in [6.45, 7) is 3.17. The van der Waals surface area contributed by atoms with E-state index >= 15 is 0 Å². The number of hydrogen-bond acceptors (Lipinski definition) is 5. The lowest BCUT2D eigenvalue weighted by molar-refractivity contribution is -0.372. The Labute approximate surface area is 87.9 Å². The molecule has 2 bridgehead atoms. The van der Waals surface area contributed by atoms with Gasteiger partial charge < -0.3 is 18.9 Å². The van der Waals surface area contributed by atoms with Crippen LogP contribution in [0, 0.1) is 0 Å². The van der Waals surface area contributed by atoms with Crippen molar-refractivity contribution < 1.29 is 23.7 Å². The summed E-state index contributed by atoms with van der Waals surface area (Å²) >= 11 is 0. The van der Waals surface area contributed by atoms with E-state index in [1.165, 1.54) is 19.3 Å². The van der Waals surface area contributed by atoms with Gasteiger partial charge in [-0.05, 0) is 13.0 Å². The lowest BCUT2D eigenvalue weighted by Gasteiger charge is -2.49. The van der Waals surface area contributed by atoms with Crippen LogP contribution < -0.4 is 0 Å². The van der Waals surface area contributed by atoms with Crippen LogP contribution in [0.4, 0.5) is 0 Å². The van der Waals surface area contributed by atoms with Gasteiger partial charge >= 0.3 is 5.97 Å². The largest absolute Gasteiger partial charge is 0.466 e. The molecule has 5 nitrogen and oxygen atoms in total. The van der Waals surface area contributed by atoms with Crippen molar-refractivity contribution in [2.75, 3.05) is 26.9 Å². The van der Waals surface area contributed by atoms with E-state index < -0.39 is 11.8 Å². The predicted octanol–water partition coefficient (Wildman–Crippen LogP) is 0.248. The van der Waals surface area contributed by atoms with Gasteiger partial charge in [-0.1, -0.05) is 0 Å². The van der Waals surface area contributed by atoms with Gasteiger partial charge in [0.05, 0.1) is 20.3 Å². The normalized spacial score (nSPS) is 39.6. The minimum atomic E-state index is -0.911. The van der Waals surface area contributed by atoms with Crippen molar-refractivity contribution in [3.8, 4) is 0 Å². The third-order valence-electron chi connectivity index (χ3n) is 2.54. The minimum absolute atomic E-state index is 0.303. The Morgan fingerprint density at radius 1 is 1.27 bits per heavy atom. The molecule has 0 aromatic rings. The molecule has 0 unspecified atom stereocenters. The topological polar surface area (TPSA) is 54.0 Å². The SMILES string of the molecule is COC(=O)C=CC12COC(C)(CO1)CO2. The number of fused-ring (bicyclic) bond motifs is 3. The molecular weight excluding hydrogens is 200 g/mol. The molecule has 3 aliphatic rings. The highest BCUT2D eigenvalue weighted by molar-refractivity contribution is 5.81. The fraction of sp³-hybridized carbons (Fsp3) is 0.700. The molecule has 3 heterocycles. The summed E-state index contributed by atoms with van der Waals surface area (Å²) in [5, 5.41) is 0. The summed E-state index contributed by atoms with van der Waals surface area (Å²) in [7, 11) is 1.32. The maximum atomic E-state index is 10.9. The molecule has 3 aliphatic heterocycles. The van der Waals surface area contributed by atoms with Crippen LogP contribution in [-0.4, -0.2) is 44.3 Å². The Balaban J connectivity index is 2.03. The third kappa shape index (κ3) is 2.04. The first-order chi connectivity index (χ1) is 7.08. The summed E-state index contributed by atoms with van der Waals surface area (Å²) in [5.74, 6) is -1.35. The molecule has 5 heteroatoms. The lowest BCUT2D eigenvalue weighted by Crippen LogP contribution is -2.61. The quantitative estimate of drug-likeness (QED) is 0.487. The molecule has 3 fully saturated rings. The Bertz CT molecular complexity index is 272. The molecular formula is C10H14O5. The summed E-state index contributed by atoms with van der Waals surface area (Å²) in [6.07, 6.45) is 2.83. The maximum absolute atomic E-state index is 10.9. The zero-order valence-electron chi connectivity index (χ0n) is 8.82. The number of carbonyl (C=O) groups excluding carboxylic acids is 1. The van der Waals surface area contributed by atoms with Gasteiger partial charge in [0.25, 0.3) is 0 Å². The van der Waals surface area contributed by atoms with E-state index in [4.69, 9.17) is 14.2 Å². The Hall–Kier alpha value is -0.910. The smallest absolute Gasteiger partial charge is 0.330 e. The molecule has 0 N–H and O–H groups in total. The van der Waals surface area contributed by atoms with E-state index in [9.17, 15) is 4.79 Å². The average Bonchev–Trinajstić information content (AvgIpc) is 2.28. The van der Waals surface area contributed by atoms with E-state index in [1.54, 1.807) is 0 Å². The van der Waals surface area contributed by atoms with Gasteiger partial charge in [-0.15, -0.1) is 0 Å². The first-order valence-electron chi connectivity index (χ1n) is 4.77. The Kier molecular flexibility index (Phi) is 2.54. The number of esters is 1. The number of methoxy groups -OCH3 is 1. The van der Waals surface area contributed by atoms with Crippen molar-refractivity contribution in [2.45, 2.75) is 18.3 Å². The lowest BCUT2D eigenvalue weighted by atomic mass is 10.0. The van der Waals surface area contributed by atoms with Crippen molar-refractivity contribution in [1.29, 1.82) is 0 Å². The number of hydrogen-bond donors (Lipinski definition) is 0. The van der Waals surface area contributed by atoms with Gasteiger partial charge in [0.2, 0.25) is 5.79 Å². The second-order valence-electron chi connectivity index (χ2n) is 3.98. The van der Waals surface area contributed by atoms with Gasteiger partial charge in [-0.3, -0.25) is 0 Å². The molecule has 84 valence electrons. The van der Waals surface area contributed by atoms with E-state index in [0.29, 0.717) is 19.8 Å². The van der Waals surface area contributed by atoms with Crippen LogP contribution in [-0.2, 0) is 23.7 Å². The minimum Gasteiger partial charge on any atom is -0.466 e. The molecule has 0 spiro atoms. The highest BCUT2D eigenvalue weighted by Gasteiger charge is 2.48. The summed E-state index contributed by atoms with van der Waals surface area (Å²) in [6, 6.07) is 0. The first-order valence-corrected chi connectivity index (χ1v) is 4.77. The molecule has 0 aliphatic carbocycles. The number of rotatable bonds is 2. The van der Waals surface area contributed by atoms with Crippen LogP contribution in [0.25, 0.3) is 0 Å². The molecule has 3 saturated heterocycles. The van der Waals surface area contributed by atoms with Gasteiger partial charge in [-0.25, -0.2) is 4.79 Å². The second-order valence-corrected chi connectivity index (χ2v) is 3.98. The zero-order chi connectivity index (χ0) is 10.9. The number of carbonyl (C=O) groups is 1. The molecule has 0 amide bonds. The van der Waals surface area contributed by atoms with Gasteiger partial charge in [0.1, 0.15) is 12.2 Å². The second kappa shape index (κ2) is 3.59. The van der Waals surface area contributed by atoms with E-state index in [-0.39, 0.29) is 5.60 Å². The first kappa shape index (κ1) is 10.6. The van der Waals surface area contributed by atoms with Crippen molar-refractivity contribution >= 4 is 5.97 Å². The molecule has 0 aromatic heterocycles. The molecule has 15 heavy (non-hydrogen) atoms. The third-order valence-corrected chi connectivity index (χ3v) is 2.54. The maximum Gasteiger partial charge on any atom is 0.330 e. The fourth-order valence-corrected chi connectivity index (χ4v) is 1.48. The molecule has 0 aromatic carbocycles. The van der Waals surface area contributed by atoms with E-state index in [0.717, 1.165) is 0 Å². The fourth-order valence-electron chi connectivity index (χ4n) is 1.48. The van der Waals surface area contributed by atoms with Crippen LogP contribution in [0.3, 0.4) is 0 Å². The summed E-state index contributed by atoms with van der Waals surface area (Å²) in [4.78, 5) is 10.9. The Morgan fingerprint density at radius 3 is 2.40 bits per heavy atom. The molecule has 0 saturated carbocycles. The van der Waals surface area contributed by atoms with Gasteiger partial charge in [0.15, 0.2) is 0 Å². The Morgan fingerprint density at radius 2 is 1.93 bits per heavy atom. The molecule has 0 atom stereocenters. The average molecular weight is 214 g/mol.